The lowest BCUT2D eigenvalue weighted by Gasteiger charge is -2.17. The summed E-state index contributed by atoms with van der Waals surface area (Å²) in [7, 11) is 0. The Kier molecular flexibility index (Phi) is 7.86. The van der Waals surface area contributed by atoms with Crippen LogP contribution in [0.5, 0.6) is 0 Å². The highest BCUT2D eigenvalue weighted by Gasteiger charge is 2.31. The van der Waals surface area contributed by atoms with Crippen LogP contribution >= 0.6 is 0 Å². The van der Waals surface area contributed by atoms with Crippen molar-refractivity contribution in [2.24, 2.45) is 5.92 Å². The molecule has 0 aliphatic carbocycles. The van der Waals surface area contributed by atoms with Gasteiger partial charge in [0.05, 0.1) is 6.42 Å². The number of carbonyl (C=O) groups excluding carboxylic acids is 1. The van der Waals surface area contributed by atoms with Crippen LogP contribution in [0.15, 0.2) is 18.2 Å². The molecule has 0 spiro atoms. The summed E-state index contributed by atoms with van der Waals surface area (Å²) in [4.78, 5) is 21.6. The van der Waals surface area contributed by atoms with E-state index in [1.165, 1.54) is 11.0 Å². The number of hydrogen-bond donors (Lipinski definition) is 1. The van der Waals surface area contributed by atoms with Gasteiger partial charge in [0, 0.05) is 19.5 Å². The number of carboxylic acid groups (broad SMARTS) is 1. The lowest BCUT2D eigenvalue weighted by Crippen LogP contribution is -2.29. The number of alkyl halides is 3. The van der Waals surface area contributed by atoms with Crippen molar-refractivity contribution in [2.45, 2.75) is 38.8 Å². The van der Waals surface area contributed by atoms with Gasteiger partial charge in [-0.05, 0) is 42.9 Å². The Morgan fingerprint density at radius 1 is 1.40 bits per heavy atom. The van der Waals surface area contributed by atoms with Crippen molar-refractivity contribution in [3.63, 3.8) is 0 Å². The van der Waals surface area contributed by atoms with Crippen molar-refractivity contribution in [3.8, 4) is 0 Å². The third-order valence-electron chi connectivity index (χ3n) is 4.01. The number of carbonyl (C=O) groups is 2. The predicted molar refractivity (Wildman–Crippen MR) is 83.5 cm³/mol. The Labute approximate surface area is 143 Å². The molecule has 1 N–H and O–H groups in total. The molecular weight excluding hydrogens is 342 g/mol. The Bertz CT molecular complexity index is 590. The van der Waals surface area contributed by atoms with Gasteiger partial charge in [0.15, 0.2) is 0 Å². The predicted octanol–water partition coefficient (Wildman–Crippen LogP) is 3.57. The number of amides is 1. The Hall–Kier alpha value is -2.12. The van der Waals surface area contributed by atoms with E-state index < -0.39 is 24.9 Å². The minimum atomic E-state index is -4.29. The highest BCUT2D eigenvalue weighted by molar-refractivity contribution is 5.76. The molecule has 1 saturated heterocycles. The van der Waals surface area contributed by atoms with E-state index in [-0.39, 0.29) is 18.2 Å². The van der Waals surface area contributed by atoms with E-state index in [2.05, 4.69) is 0 Å². The van der Waals surface area contributed by atoms with E-state index in [1.807, 2.05) is 0 Å². The monoisotopic (exact) mass is 363 g/mol. The molecular formula is C17H21F4NO3. The minimum Gasteiger partial charge on any atom is -0.483 e. The molecule has 2 rings (SSSR count). The molecule has 1 aromatic rings. The van der Waals surface area contributed by atoms with E-state index in [0.717, 1.165) is 12.0 Å². The number of nitrogens with zero attached hydrogens (tertiary/aromatic N) is 1. The Morgan fingerprint density at radius 2 is 2.04 bits per heavy atom. The van der Waals surface area contributed by atoms with Crippen molar-refractivity contribution in [3.05, 3.63) is 35.1 Å². The van der Waals surface area contributed by atoms with Gasteiger partial charge in [0.2, 0.25) is 5.91 Å². The highest BCUT2D eigenvalue weighted by atomic mass is 19.4. The SMILES string of the molecule is Cc1cc(CC2CCN(C(=O)CCC(F)(F)F)C2)ccc1F.O=CO. The number of rotatable bonds is 4. The molecule has 1 aliphatic heterocycles. The second-order valence-corrected chi connectivity index (χ2v) is 6.00. The van der Waals surface area contributed by atoms with E-state index >= 15 is 0 Å². The first-order valence-corrected chi connectivity index (χ1v) is 7.83. The second kappa shape index (κ2) is 9.39. The summed E-state index contributed by atoms with van der Waals surface area (Å²) < 4.78 is 49.6. The average Bonchev–Trinajstić information content (AvgIpc) is 2.97. The van der Waals surface area contributed by atoms with Crippen molar-refractivity contribution >= 4 is 12.4 Å². The van der Waals surface area contributed by atoms with E-state index in [4.69, 9.17) is 9.90 Å². The van der Waals surface area contributed by atoms with E-state index in [9.17, 15) is 22.4 Å². The fourth-order valence-electron chi connectivity index (χ4n) is 2.80. The van der Waals surface area contributed by atoms with Gasteiger partial charge in [0.25, 0.3) is 6.47 Å². The summed E-state index contributed by atoms with van der Waals surface area (Å²) in [5.41, 5.74) is 1.57. The maximum absolute atomic E-state index is 13.2. The summed E-state index contributed by atoms with van der Waals surface area (Å²) >= 11 is 0. The van der Waals surface area contributed by atoms with Gasteiger partial charge in [-0.1, -0.05) is 12.1 Å². The standard InChI is InChI=1S/C16H19F4NO.CH2O2/c1-11-8-12(2-3-14(11)17)9-13-5-7-21(10-13)15(22)4-6-16(18,19)20;2-1-3/h2-3,8,13H,4-7,9-10H2,1H3;1H,(H,2,3). The second-order valence-electron chi connectivity index (χ2n) is 6.00. The maximum Gasteiger partial charge on any atom is 0.389 e. The van der Waals surface area contributed by atoms with Gasteiger partial charge in [0.1, 0.15) is 5.82 Å². The molecule has 1 heterocycles. The van der Waals surface area contributed by atoms with Crippen molar-refractivity contribution < 1.29 is 32.3 Å². The maximum atomic E-state index is 13.2. The van der Waals surface area contributed by atoms with Gasteiger partial charge < -0.3 is 10.0 Å². The summed E-state index contributed by atoms with van der Waals surface area (Å²) in [6.45, 7) is 2.43. The molecule has 0 bridgehead atoms. The normalized spacial score (nSPS) is 17.0. The van der Waals surface area contributed by atoms with Crippen LogP contribution in [0.3, 0.4) is 0 Å². The van der Waals surface area contributed by atoms with Crippen LogP contribution in [-0.4, -0.2) is 41.7 Å². The van der Waals surface area contributed by atoms with Crippen LogP contribution in [0, 0.1) is 18.7 Å². The smallest absolute Gasteiger partial charge is 0.389 e. The zero-order valence-electron chi connectivity index (χ0n) is 13.9. The lowest BCUT2D eigenvalue weighted by molar-refractivity contribution is -0.148. The lowest BCUT2D eigenvalue weighted by atomic mass is 9.97. The molecule has 25 heavy (non-hydrogen) atoms. The molecule has 1 aromatic carbocycles. The number of benzene rings is 1. The van der Waals surface area contributed by atoms with Crippen molar-refractivity contribution in [1.82, 2.24) is 4.90 Å². The number of halogens is 4. The third kappa shape index (κ3) is 7.53. The molecule has 0 aromatic heterocycles. The fraction of sp³-hybridized carbons (Fsp3) is 0.529. The summed E-state index contributed by atoms with van der Waals surface area (Å²) in [6.07, 6.45) is -4.35. The largest absolute Gasteiger partial charge is 0.483 e. The van der Waals surface area contributed by atoms with Crippen LogP contribution in [0.2, 0.25) is 0 Å². The highest BCUT2D eigenvalue weighted by Crippen LogP contribution is 2.25. The summed E-state index contributed by atoms with van der Waals surface area (Å²) in [5, 5.41) is 6.89. The molecule has 1 fully saturated rings. The first kappa shape index (κ1) is 20.9. The van der Waals surface area contributed by atoms with Gasteiger partial charge >= 0.3 is 6.18 Å². The van der Waals surface area contributed by atoms with Crippen LogP contribution in [0.4, 0.5) is 17.6 Å². The average molecular weight is 363 g/mol. The van der Waals surface area contributed by atoms with Gasteiger partial charge in [-0.2, -0.15) is 13.2 Å². The fourth-order valence-corrected chi connectivity index (χ4v) is 2.80. The van der Waals surface area contributed by atoms with E-state index in [0.29, 0.717) is 25.1 Å². The van der Waals surface area contributed by atoms with Crippen LogP contribution < -0.4 is 0 Å². The number of aryl methyl sites for hydroxylation is 1. The van der Waals surface area contributed by atoms with Crippen molar-refractivity contribution in [1.29, 1.82) is 0 Å². The molecule has 0 radical (unpaired) electrons. The molecule has 1 atom stereocenters. The molecule has 1 unspecified atom stereocenters. The zero-order valence-corrected chi connectivity index (χ0v) is 13.9. The minimum absolute atomic E-state index is 0.222. The van der Waals surface area contributed by atoms with Crippen LogP contribution in [0.1, 0.15) is 30.4 Å². The number of likely N-dealkylation sites (tertiary alicyclic amines) is 1. The first-order valence-electron chi connectivity index (χ1n) is 7.83. The van der Waals surface area contributed by atoms with Crippen LogP contribution in [-0.2, 0) is 16.0 Å². The molecule has 4 nitrogen and oxygen atoms in total. The Morgan fingerprint density at radius 3 is 2.60 bits per heavy atom. The van der Waals surface area contributed by atoms with Gasteiger partial charge in [-0.15, -0.1) is 0 Å². The van der Waals surface area contributed by atoms with E-state index in [1.54, 1.807) is 19.1 Å². The van der Waals surface area contributed by atoms with Crippen molar-refractivity contribution in [2.75, 3.05) is 13.1 Å². The Balaban J connectivity index is 0.000000970. The topological polar surface area (TPSA) is 57.6 Å². The first-order chi connectivity index (χ1) is 11.7. The van der Waals surface area contributed by atoms with Gasteiger partial charge in [-0.25, -0.2) is 4.39 Å². The molecule has 140 valence electrons. The summed E-state index contributed by atoms with van der Waals surface area (Å²) in [6, 6.07) is 4.92. The number of hydrogen-bond acceptors (Lipinski definition) is 2. The summed E-state index contributed by atoms with van der Waals surface area (Å²) in [5.74, 6) is -0.464. The molecule has 8 heteroatoms. The molecule has 0 saturated carbocycles. The third-order valence-corrected chi connectivity index (χ3v) is 4.01. The van der Waals surface area contributed by atoms with Crippen LogP contribution in [0.25, 0.3) is 0 Å². The molecule has 1 amide bonds. The van der Waals surface area contributed by atoms with Gasteiger partial charge in [-0.3, -0.25) is 9.59 Å². The molecule has 1 aliphatic rings. The quantitative estimate of drug-likeness (QED) is 0.657. The zero-order chi connectivity index (χ0) is 19.0.